The lowest BCUT2D eigenvalue weighted by Gasteiger charge is -2.05. The molecule has 0 spiro atoms. The largest absolute Gasteiger partial charge is 0.477 e. The van der Waals surface area contributed by atoms with Gasteiger partial charge in [-0.1, -0.05) is 23.7 Å². The number of carbonyl (C=O) groups is 1. The molecule has 5 nitrogen and oxygen atoms in total. The molecule has 3 rings (SSSR count). The van der Waals surface area contributed by atoms with E-state index < -0.39 is 5.97 Å². The molecule has 2 heterocycles. The van der Waals surface area contributed by atoms with E-state index >= 15 is 0 Å². The van der Waals surface area contributed by atoms with Gasteiger partial charge in [-0.15, -0.1) is 0 Å². The highest BCUT2D eigenvalue weighted by Crippen LogP contribution is 2.26. The third-order valence-corrected chi connectivity index (χ3v) is 3.32. The predicted octanol–water partition coefficient (Wildman–Crippen LogP) is 3.79. The number of aryl methyl sites for hydroxylation is 1. The quantitative estimate of drug-likeness (QED) is 0.799. The topological polar surface area (TPSA) is 68.3 Å². The molecule has 0 aliphatic heterocycles. The van der Waals surface area contributed by atoms with Crippen molar-refractivity contribution in [3.63, 3.8) is 0 Å². The number of aromatic carboxylic acids is 1. The van der Waals surface area contributed by atoms with E-state index in [-0.39, 0.29) is 5.69 Å². The molecule has 0 atom stereocenters. The van der Waals surface area contributed by atoms with Crippen LogP contribution < -0.4 is 0 Å². The van der Waals surface area contributed by atoms with Crippen molar-refractivity contribution in [1.29, 1.82) is 0 Å². The van der Waals surface area contributed by atoms with E-state index in [4.69, 9.17) is 16.0 Å². The van der Waals surface area contributed by atoms with Gasteiger partial charge in [0.25, 0.3) is 0 Å². The minimum Gasteiger partial charge on any atom is -0.477 e. The van der Waals surface area contributed by atoms with E-state index in [0.717, 1.165) is 5.76 Å². The highest BCUT2D eigenvalue weighted by Gasteiger charge is 2.19. The Morgan fingerprint density at radius 2 is 2.05 bits per heavy atom. The number of halogens is 1. The van der Waals surface area contributed by atoms with Gasteiger partial charge in [0.15, 0.2) is 11.5 Å². The van der Waals surface area contributed by atoms with E-state index in [2.05, 4.69) is 5.10 Å². The molecule has 0 saturated heterocycles. The molecule has 0 unspecified atom stereocenters. The summed E-state index contributed by atoms with van der Waals surface area (Å²) >= 11 is 6.12. The maximum atomic E-state index is 11.4. The molecule has 0 saturated carbocycles. The first-order chi connectivity index (χ1) is 10.1. The Morgan fingerprint density at radius 3 is 2.67 bits per heavy atom. The highest BCUT2D eigenvalue weighted by molar-refractivity contribution is 6.32. The minimum atomic E-state index is -1.09. The first-order valence-corrected chi connectivity index (χ1v) is 6.59. The molecule has 0 amide bonds. The van der Waals surface area contributed by atoms with Crippen molar-refractivity contribution in [3.05, 3.63) is 58.9 Å². The fourth-order valence-corrected chi connectivity index (χ4v) is 2.25. The molecule has 3 aromatic rings. The Kier molecular flexibility index (Phi) is 3.27. The van der Waals surface area contributed by atoms with Crippen molar-refractivity contribution in [2.75, 3.05) is 0 Å². The van der Waals surface area contributed by atoms with Crippen LogP contribution in [-0.4, -0.2) is 20.9 Å². The van der Waals surface area contributed by atoms with E-state index in [9.17, 15) is 9.90 Å². The van der Waals surface area contributed by atoms with Gasteiger partial charge in [-0.3, -0.25) is 0 Å². The number of nitrogens with zero attached hydrogens (tertiary/aromatic N) is 2. The van der Waals surface area contributed by atoms with Crippen molar-refractivity contribution in [1.82, 2.24) is 9.78 Å². The fraction of sp³-hybridized carbons (Fsp3) is 0.0667. The number of hydrogen-bond acceptors (Lipinski definition) is 3. The van der Waals surface area contributed by atoms with E-state index in [1.165, 1.54) is 10.7 Å². The standard InChI is InChI=1S/C15H11ClN2O3/c1-9-6-7-14(21-9)11-8-13(15(19)20)18(17-11)12-5-3-2-4-10(12)16/h2-8H,1H3,(H,19,20). The molecule has 0 radical (unpaired) electrons. The van der Waals surface area contributed by atoms with Crippen molar-refractivity contribution in [2.45, 2.75) is 6.92 Å². The summed E-state index contributed by atoms with van der Waals surface area (Å²) in [6.45, 7) is 1.81. The molecular weight excluding hydrogens is 292 g/mol. The molecule has 0 aliphatic carbocycles. The molecule has 1 N–H and O–H groups in total. The van der Waals surface area contributed by atoms with E-state index in [1.807, 2.05) is 6.92 Å². The minimum absolute atomic E-state index is 0.0205. The summed E-state index contributed by atoms with van der Waals surface area (Å²) in [5.74, 6) is 0.159. The molecule has 0 aliphatic rings. The van der Waals surface area contributed by atoms with Gasteiger partial charge in [-0.25, -0.2) is 9.48 Å². The Hall–Kier alpha value is -2.53. The molecule has 0 bridgehead atoms. The summed E-state index contributed by atoms with van der Waals surface area (Å²) < 4.78 is 6.79. The summed E-state index contributed by atoms with van der Waals surface area (Å²) in [6.07, 6.45) is 0. The summed E-state index contributed by atoms with van der Waals surface area (Å²) in [7, 11) is 0. The van der Waals surface area contributed by atoms with Crippen LogP contribution in [-0.2, 0) is 0 Å². The van der Waals surface area contributed by atoms with Crippen LogP contribution in [0.25, 0.3) is 17.1 Å². The van der Waals surface area contributed by atoms with Gasteiger partial charge in [-0.2, -0.15) is 5.10 Å². The normalized spacial score (nSPS) is 10.8. The molecule has 0 fully saturated rings. The van der Waals surface area contributed by atoms with E-state index in [1.54, 1.807) is 36.4 Å². The van der Waals surface area contributed by atoms with E-state index in [0.29, 0.717) is 22.2 Å². The van der Waals surface area contributed by atoms with Crippen LogP contribution >= 0.6 is 11.6 Å². The fourth-order valence-electron chi connectivity index (χ4n) is 2.03. The lowest BCUT2D eigenvalue weighted by Crippen LogP contribution is -2.08. The lowest BCUT2D eigenvalue weighted by molar-refractivity contribution is 0.0687. The summed E-state index contributed by atoms with van der Waals surface area (Å²) in [5, 5.41) is 14.1. The SMILES string of the molecule is Cc1ccc(-c2cc(C(=O)O)n(-c3ccccc3Cl)n2)o1. The first kappa shape index (κ1) is 13.5. The highest BCUT2D eigenvalue weighted by atomic mass is 35.5. The maximum Gasteiger partial charge on any atom is 0.354 e. The van der Waals surface area contributed by atoms with Crippen molar-refractivity contribution < 1.29 is 14.3 Å². The Balaban J connectivity index is 2.18. The lowest BCUT2D eigenvalue weighted by atomic mass is 10.3. The average Bonchev–Trinajstić information content (AvgIpc) is 3.05. The Bertz CT molecular complexity index is 820. The number of aromatic nitrogens is 2. The van der Waals surface area contributed by atoms with Crippen LogP contribution in [0.4, 0.5) is 0 Å². The Morgan fingerprint density at radius 1 is 1.29 bits per heavy atom. The molecule has 2 aromatic heterocycles. The van der Waals surface area contributed by atoms with Crippen molar-refractivity contribution in [2.24, 2.45) is 0 Å². The molecular formula is C15H11ClN2O3. The van der Waals surface area contributed by atoms with Gasteiger partial charge >= 0.3 is 5.97 Å². The van der Waals surface area contributed by atoms with Crippen LogP contribution in [0.5, 0.6) is 0 Å². The number of furan rings is 1. The number of para-hydroxylation sites is 1. The second-order valence-electron chi connectivity index (χ2n) is 4.49. The molecule has 6 heteroatoms. The molecule has 21 heavy (non-hydrogen) atoms. The molecule has 1 aromatic carbocycles. The number of carboxylic acids is 1. The number of rotatable bonds is 3. The second-order valence-corrected chi connectivity index (χ2v) is 4.90. The predicted molar refractivity (Wildman–Crippen MR) is 78.0 cm³/mol. The van der Waals surface area contributed by atoms with Crippen LogP contribution in [0.3, 0.4) is 0 Å². The van der Waals surface area contributed by atoms with Gasteiger partial charge < -0.3 is 9.52 Å². The van der Waals surface area contributed by atoms with Crippen LogP contribution in [0.15, 0.2) is 46.9 Å². The third-order valence-electron chi connectivity index (χ3n) is 3.00. The van der Waals surface area contributed by atoms with Gasteiger partial charge in [0.05, 0.1) is 10.7 Å². The second kappa shape index (κ2) is 5.10. The van der Waals surface area contributed by atoms with Crippen LogP contribution in [0.1, 0.15) is 16.2 Å². The number of hydrogen-bond donors (Lipinski definition) is 1. The zero-order valence-electron chi connectivity index (χ0n) is 11.1. The maximum absolute atomic E-state index is 11.4. The van der Waals surface area contributed by atoms with Crippen molar-refractivity contribution in [3.8, 4) is 17.1 Å². The zero-order chi connectivity index (χ0) is 15.0. The summed E-state index contributed by atoms with van der Waals surface area (Å²) in [5.41, 5.74) is 0.971. The number of carboxylic acid groups (broad SMARTS) is 1. The van der Waals surface area contributed by atoms with Gasteiger partial charge in [-0.05, 0) is 31.2 Å². The third kappa shape index (κ3) is 2.43. The van der Waals surface area contributed by atoms with Crippen LogP contribution in [0.2, 0.25) is 5.02 Å². The summed E-state index contributed by atoms with van der Waals surface area (Å²) in [4.78, 5) is 11.4. The van der Waals surface area contributed by atoms with Crippen LogP contribution in [0, 0.1) is 6.92 Å². The number of benzene rings is 1. The van der Waals surface area contributed by atoms with Crippen molar-refractivity contribution >= 4 is 17.6 Å². The Labute approximate surface area is 125 Å². The first-order valence-electron chi connectivity index (χ1n) is 6.21. The van der Waals surface area contributed by atoms with Gasteiger partial charge in [0, 0.05) is 6.07 Å². The average molecular weight is 303 g/mol. The summed E-state index contributed by atoms with van der Waals surface area (Å²) in [6, 6.07) is 11.9. The molecule has 106 valence electrons. The monoisotopic (exact) mass is 302 g/mol. The van der Waals surface area contributed by atoms with Gasteiger partial charge in [0.2, 0.25) is 0 Å². The smallest absolute Gasteiger partial charge is 0.354 e. The zero-order valence-corrected chi connectivity index (χ0v) is 11.8. The van der Waals surface area contributed by atoms with Gasteiger partial charge in [0.1, 0.15) is 11.5 Å².